The number of ether oxygens (including phenoxy) is 1. The molecule has 21 heavy (non-hydrogen) atoms. The van der Waals surface area contributed by atoms with Crippen molar-refractivity contribution >= 4 is 16.7 Å². The number of carbonyl (C=O) groups excluding carboxylic acids is 1. The quantitative estimate of drug-likeness (QED) is 0.888. The Morgan fingerprint density at radius 2 is 1.86 bits per heavy atom. The number of amides is 1. The predicted octanol–water partition coefficient (Wildman–Crippen LogP) is 3.09. The van der Waals surface area contributed by atoms with Crippen LogP contribution in [-0.2, 0) is 4.74 Å². The maximum absolute atomic E-state index is 12.2. The van der Waals surface area contributed by atoms with Gasteiger partial charge in [-0.3, -0.25) is 4.79 Å². The van der Waals surface area contributed by atoms with Crippen LogP contribution in [-0.4, -0.2) is 29.8 Å². The van der Waals surface area contributed by atoms with Crippen molar-refractivity contribution in [3.05, 3.63) is 42.0 Å². The molecule has 2 aromatic rings. The highest BCUT2D eigenvalue weighted by atomic mass is 16.5. The van der Waals surface area contributed by atoms with Gasteiger partial charge in [0.25, 0.3) is 5.91 Å². The summed E-state index contributed by atoms with van der Waals surface area (Å²) >= 11 is 0. The molecule has 0 unspecified atom stereocenters. The number of hydrogen-bond donors (Lipinski definition) is 2. The van der Waals surface area contributed by atoms with Gasteiger partial charge in [0.05, 0.1) is 11.2 Å². The molecule has 2 rings (SSSR count). The van der Waals surface area contributed by atoms with Crippen LogP contribution in [0.4, 0.5) is 0 Å². The molecule has 112 valence electrons. The maximum atomic E-state index is 12.2. The zero-order valence-electron chi connectivity index (χ0n) is 12.6. The van der Waals surface area contributed by atoms with E-state index in [1.807, 2.05) is 45.0 Å². The van der Waals surface area contributed by atoms with Crippen LogP contribution in [0, 0.1) is 0 Å². The van der Waals surface area contributed by atoms with Crippen LogP contribution in [0.2, 0.25) is 0 Å². The van der Waals surface area contributed by atoms with Crippen LogP contribution >= 0.6 is 0 Å². The summed E-state index contributed by atoms with van der Waals surface area (Å²) in [6.07, 6.45) is 0. The minimum absolute atomic E-state index is 0.0135. The number of hydrogen-bond acceptors (Lipinski definition) is 3. The number of rotatable bonds is 5. The van der Waals surface area contributed by atoms with Crippen LogP contribution in [0.5, 0.6) is 5.75 Å². The second-order valence-corrected chi connectivity index (χ2v) is 5.59. The monoisotopic (exact) mass is 287 g/mol. The van der Waals surface area contributed by atoms with E-state index in [1.54, 1.807) is 12.1 Å². The van der Waals surface area contributed by atoms with Crippen LogP contribution < -0.4 is 5.32 Å². The first kappa shape index (κ1) is 15.3. The second kappa shape index (κ2) is 6.14. The van der Waals surface area contributed by atoms with Crippen molar-refractivity contribution in [2.45, 2.75) is 26.4 Å². The van der Waals surface area contributed by atoms with Gasteiger partial charge in [-0.1, -0.05) is 24.3 Å². The van der Waals surface area contributed by atoms with E-state index >= 15 is 0 Å². The van der Waals surface area contributed by atoms with Gasteiger partial charge in [-0.25, -0.2) is 0 Å². The molecule has 0 spiro atoms. The molecule has 0 saturated heterocycles. The lowest BCUT2D eigenvalue weighted by Gasteiger charge is -2.25. The van der Waals surface area contributed by atoms with E-state index in [4.69, 9.17) is 4.74 Å². The van der Waals surface area contributed by atoms with Gasteiger partial charge >= 0.3 is 0 Å². The Bertz CT molecular complexity index is 650. The summed E-state index contributed by atoms with van der Waals surface area (Å²) in [6.45, 7) is 6.71. The number of carbonyl (C=O) groups is 1. The first-order chi connectivity index (χ1) is 9.93. The predicted molar refractivity (Wildman–Crippen MR) is 83.7 cm³/mol. The van der Waals surface area contributed by atoms with E-state index in [9.17, 15) is 9.90 Å². The zero-order chi connectivity index (χ0) is 15.5. The van der Waals surface area contributed by atoms with Crippen LogP contribution in [0.1, 0.15) is 31.1 Å². The van der Waals surface area contributed by atoms with Crippen molar-refractivity contribution in [2.75, 3.05) is 13.2 Å². The highest BCUT2D eigenvalue weighted by Gasteiger charge is 2.20. The van der Waals surface area contributed by atoms with Gasteiger partial charge in [-0.2, -0.15) is 0 Å². The van der Waals surface area contributed by atoms with Gasteiger partial charge in [0, 0.05) is 13.2 Å². The molecule has 0 saturated carbocycles. The number of nitrogens with one attached hydrogen (secondary N) is 1. The molecule has 0 aromatic heterocycles. The van der Waals surface area contributed by atoms with Crippen LogP contribution in [0.3, 0.4) is 0 Å². The standard InChI is InChI=1S/C17H21NO3/c1-4-21-17(2,3)11-18-16(20)14-9-12-7-5-6-8-13(12)10-15(14)19/h5-10,19H,4,11H2,1-3H3,(H,18,20). The molecule has 2 aromatic carbocycles. The lowest BCUT2D eigenvalue weighted by Crippen LogP contribution is -2.40. The number of phenolic OH excluding ortho intramolecular Hbond substituents is 1. The fraction of sp³-hybridized carbons (Fsp3) is 0.353. The highest BCUT2D eigenvalue weighted by Crippen LogP contribution is 2.25. The molecule has 0 atom stereocenters. The average Bonchev–Trinajstić information content (AvgIpc) is 2.44. The van der Waals surface area contributed by atoms with E-state index < -0.39 is 5.60 Å². The summed E-state index contributed by atoms with van der Waals surface area (Å²) < 4.78 is 5.54. The lowest BCUT2D eigenvalue weighted by atomic mass is 10.0. The van der Waals surface area contributed by atoms with Crippen LogP contribution in [0.25, 0.3) is 10.8 Å². The fourth-order valence-corrected chi connectivity index (χ4v) is 2.24. The Labute approximate surface area is 124 Å². The van der Waals surface area contributed by atoms with Crippen molar-refractivity contribution in [1.29, 1.82) is 0 Å². The molecule has 0 heterocycles. The summed E-state index contributed by atoms with van der Waals surface area (Å²) in [7, 11) is 0. The van der Waals surface area contributed by atoms with Crippen molar-refractivity contribution in [3.63, 3.8) is 0 Å². The van der Waals surface area contributed by atoms with Crippen molar-refractivity contribution in [3.8, 4) is 5.75 Å². The van der Waals surface area contributed by atoms with Crippen molar-refractivity contribution in [1.82, 2.24) is 5.32 Å². The van der Waals surface area contributed by atoms with E-state index in [0.717, 1.165) is 10.8 Å². The molecule has 0 aliphatic heterocycles. The molecule has 0 aliphatic carbocycles. The number of fused-ring (bicyclic) bond motifs is 1. The Morgan fingerprint density at radius 3 is 2.48 bits per heavy atom. The summed E-state index contributed by atoms with van der Waals surface area (Å²) in [5.41, 5.74) is -0.155. The largest absolute Gasteiger partial charge is 0.507 e. The molecule has 0 fully saturated rings. The maximum Gasteiger partial charge on any atom is 0.255 e. The second-order valence-electron chi connectivity index (χ2n) is 5.59. The number of aromatic hydroxyl groups is 1. The molecule has 0 bridgehead atoms. The van der Waals surface area contributed by atoms with Gasteiger partial charge in [0.15, 0.2) is 0 Å². The Morgan fingerprint density at radius 1 is 1.24 bits per heavy atom. The Hall–Kier alpha value is -2.07. The summed E-state index contributed by atoms with van der Waals surface area (Å²) in [5, 5.41) is 14.7. The number of benzene rings is 2. The molecule has 2 N–H and O–H groups in total. The normalized spacial score (nSPS) is 11.6. The summed E-state index contributed by atoms with van der Waals surface area (Å²) in [5.74, 6) is -0.313. The minimum atomic E-state index is -0.434. The van der Waals surface area contributed by atoms with Gasteiger partial charge < -0.3 is 15.2 Å². The van der Waals surface area contributed by atoms with Gasteiger partial charge in [0.2, 0.25) is 0 Å². The molecular formula is C17H21NO3. The third kappa shape index (κ3) is 3.73. The van der Waals surface area contributed by atoms with E-state index in [1.165, 1.54) is 0 Å². The van der Waals surface area contributed by atoms with Gasteiger partial charge in [-0.05, 0) is 43.7 Å². The first-order valence-corrected chi connectivity index (χ1v) is 7.07. The van der Waals surface area contributed by atoms with Gasteiger partial charge in [-0.15, -0.1) is 0 Å². The smallest absolute Gasteiger partial charge is 0.255 e. The summed E-state index contributed by atoms with van der Waals surface area (Å²) in [6, 6.07) is 10.9. The fourth-order valence-electron chi connectivity index (χ4n) is 2.24. The average molecular weight is 287 g/mol. The molecule has 0 radical (unpaired) electrons. The van der Waals surface area contributed by atoms with Crippen LogP contribution in [0.15, 0.2) is 36.4 Å². The third-order valence-corrected chi connectivity index (χ3v) is 3.32. The SMILES string of the molecule is CCOC(C)(C)CNC(=O)c1cc2ccccc2cc1O. The Balaban J connectivity index is 2.17. The van der Waals surface area contributed by atoms with Crippen molar-refractivity contribution < 1.29 is 14.6 Å². The topological polar surface area (TPSA) is 58.6 Å². The van der Waals surface area contributed by atoms with E-state index in [0.29, 0.717) is 13.2 Å². The molecule has 1 amide bonds. The third-order valence-electron chi connectivity index (χ3n) is 3.32. The van der Waals surface area contributed by atoms with E-state index in [-0.39, 0.29) is 17.2 Å². The zero-order valence-corrected chi connectivity index (χ0v) is 12.6. The lowest BCUT2D eigenvalue weighted by molar-refractivity contribution is -0.00817. The van der Waals surface area contributed by atoms with Gasteiger partial charge in [0.1, 0.15) is 5.75 Å². The number of phenols is 1. The highest BCUT2D eigenvalue weighted by molar-refractivity contribution is 6.01. The van der Waals surface area contributed by atoms with Crippen molar-refractivity contribution in [2.24, 2.45) is 0 Å². The summed E-state index contributed by atoms with van der Waals surface area (Å²) in [4.78, 5) is 12.2. The minimum Gasteiger partial charge on any atom is -0.507 e. The van der Waals surface area contributed by atoms with E-state index in [2.05, 4.69) is 5.32 Å². The first-order valence-electron chi connectivity index (χ1n) is 7.07. The Kier molecular flexibility index (Phi) is 4.48. The molecular weight excluding hydrogens is 266 g/mol. The molecule has 4 nitrogen and oxygen atoms in total. The molecule has 0 aliphatic rings. The molecule has 4 heteroatoms.